The van der Waals surface area contributed by atoms with Gasteiger partial charge in [0, 0.05) is 34.6 Å². The van der Waals surface area contributed by atoms with Crippen LogP contribution in [0.25, 0.3) is 16.6 Å². The second kappa shape index (κ2) is 7.53. The van der Waals surface area contributed by atoms with Crippen molar-refractivity contribution in [1.82, 2.24) is 4.40 Å². The summed E-state index contributed by atoms with van der Waals surface area (Å²) in [6.07, 6.45) is 2.89. The number of Topliss-reactive ketones (excluding diaryl/α,β-unsaturated/α-hetero) is 1. The molecule has 2 aromatic carbocycles. The maximum Gasteiger partial charge on any atom is 0.168 e. The van der Waals surface area contributed by atoms with Crippen molar-refractivity contribution >= 4 is 17.6 Å². The van der Waals surface area contributed by atoms with Crippen molar-refractivity contribution in [3.63, 3.8) is 0 Å². The van der Waals surface area contributed by atoms with Crippen LogP contribution in [0.3, 0.4) is 0 Å². The van der Waals surface area contributed by atoms with E-state index in [0.29, 0.717) is 16.9 Å². The third-order valence-corrected chi connectivity index (χ3v) is 4.89. The number of methoxy groups -OCH3 is 1. The van der Waals surface area contributed by atoms with Crippen molar-refractivity contribution in [1.29, 1.82) is 0 Å². The lowest BCUT2D eigenvalue weighted by atomic mass is 9.97. The molecule has 2 heterocycles. The Morgan fingerprint density at radius 1 is 1.00 bits per heavy atom. The van der Waals surface area contributed by atoms with Gasteiger partial charge in [0.05, 0.1) is 19.0 Å². The lowest BCUT2D eigenvalue weighted by molar-refractivity contribution is 0.0991. The molecule has 0 saturated carbocycles. The highest BCUT2D eigenvalue weighted by molar-refractivity contribution is 6.02. The van der Waals surface area contributed by atoms with Gasteiger partial charge in [-0.2, -0.15) is 0 Å². The average Bonchev–Trinajstić information content (AvgIpc) is 3.07. The first-order valence-corrected chi connectivity index (χ1v) is 9.02. The van der Waals surface area contributed by atoms with Crippen molar-refractivity contribution in [2.24, 2.45) is 0 Å². The average molecular weight is 369 g/mol. The molecule has 0 atom stereocenters. The zero-order valence-corrected chi connectivity index (χ0v) is 15.5. The highest BCUT2D eigenvalue weighted by Gasteiger charge is 2.22. The van der Waals surface area contributed by atoms with Crippen LogP contribution in [-0.4, -0.2) is 23.6 Å². The van der Waals surface area contributed by atoms with E-state index in [1.807, 2.05) is 83.4 Å². The molecule has 4 heteroatoms. The van der Waals surface area contributed by atoms with E-state index in [2.05, 4.69) is 0 Å². The number of hydrogen-bond acceptors (Lipinski definition) is 3. The highest BCUT2D eigenvalue weighted by Crippen LogP contribution is 2.34. The number of carbonyl (C=O) groups is 2. The predicted octanol–water partition coefficient (Wildman–Crippen LogP) is 4.85. The number of carbonyl (C=O) groups excluding carboxylic acids is 2. The first kappa shape index (κ1) is 17.7. The van der Waals surface area contributed by atoms with Crippen LogP contribution in [0.15, 0.2) is 79.0 Å². The Hall–Kier alpha value is -3.66. The quantitative estimate of drug-likeness (QED) is 0.360. The molecule has 0 unspecified atom stereocenters. The molecular weight excluding hydrogens is 350 g/mol. The van der Waals surface area contributed by atoms with Crippen LogP contribution in [0, 0.1) is 0 Å². The molecule has 138 valence electrons. The van der Waals surface area contributed by atoms with Gasteiger partial charge < -0.3 is 9.14 Å². The minimum absolute atomic E-state index is 0.00504. The van der Waals surface area contributed by atoms with Gasteiger partial charge in [0.2, 0.25) is 0 Å². The zero-order chi connectivity index (χ0) is 19.5. The first-order chi connectivity index (χ1) is 13.7. The summed E-state index contributed by atoms with van der Waals surface area (Å²) in [5.41, 5.74) is 4.42. The van der Waals surface area contributed by atoms with Gasteiger partial charge >= 0.3 is 0 Å². The maximum absolute atomic E-state index is 12.9. The molecule has 0 N–H and O–H groups in total. The molecule has 0 aliphatic heterocycles. The van der Waals surface area contributed by atoms with E-state index in [4.69, 9.17) is 4.74 Å². The van der Waals surface area contributed by atoms with Crippen LogP contribution >= 0.6 is 0 Å². The van der Waals surface area contributed by atoms with Crippen molar-refractivity contribution < 1.29 is 14.3 Å². The third-order valence-electron chi connectivity index (χ3n) is 4.89. The molecule has 0 aliphatic carbocycles. The number of pyridine rings is 1. The van der Waals surface area contributed by atoms with Gasteiger partial charge in [-0.1, -0.05) is 60.7 Å². The van der Waals surface area contributed by atoms with Crippen LogP contribution in [0.2, 0.25) is 0 Å². The monoisotopic (exact) mass is 369 g/mol. The van der Waals surface area contributed by atoms with Crippen molar-refractivity contribution in [3.05, 3.63) is 95.8 Å². The fourth-order valence-electron chi connectivity index (χ4n) is 3.55. The second-order valence-corrected chi connectivity index (χ2v) is 6.51. The van der Waals surface area contributed by atoms with Crippen LogP contribution in [0.4, 0.5) is 0 Å². The highest BCUT2D eigenvalue weighted by atomic mass is 16.5. The SMILES string of the molecule is COc1ccn2c(CC(=O)c3ccccc3)c(-c3ccccc3)c(C=O)c2c1. The summed E-state index contributed by atoms with van der Waals surface area (Å²) >= 11 is 0. The number of ketones is 1. The van der Waals surface area contributed by atoms with E-state index < -0.39 is 0 Å². The Morgan fingerprint density at radius 3 is 2.32 bits per heavy atom. The summed E-state index contributed by atoms with van der Waals surface area (Å²) in [4.78, 5) is 25.0. The molecule has 4 nitrogen and oxygen atoms in total. The van der Waals surface area contributed by atoms with Gasteiger partial charge in [-0.15, -0.1) is 0 Å². The molecule has 0 radical (unpaired) electrons. The second-order valence-electron chi connectivity index (χ2n) is 6.51. The molecular formula is C24H19NO3. The van der Waals surface area contributed by atoms with Crippen molar-refractivity contribution in [3.8, 4) is 16.9 Å². The third kappa shape index (κ3) is 3.09. The topological polar surface area (TPSA) is 47.8 Å². The van der Waals surface area contributed by atoms with E-state index in [1.54, 1.807) is 7.11 Å². The number of ether oxygens (including phenoxy) is 1. The lowest BCUT2D eigenvalue weighted by Crippen LogP contribution is -2.07. The van der Waals surface area contributed by atoms with Gasteiger partial charge in [-0.05, 0) is 11.6 Å². The summed E-state index contributed by atoms with van der Waals surface area (Å²) < 4.78 is 7.24. The van der Waals surface area contributed by atoms with E-state index in [9.17, 15) is 9.59 Å². The number of fused-ring (bicyclic) bond motifs is 1. The molecule has 0 saturated heterocycles. The van der Waals surface area contributed by atoms with E-state index in [-0.39, 0.29) is 12.2 Å². The van der Waals surface area contributed by atoms with Gasteiger partial charge in [-0.3, -0.25) is 9.59 Å². The molecule has 0 aliphatic rings. The largest absolute Gasteiger partial charge is 0.497 e. The minimum atomic E-state index is 0.00504. The summed E-state index contributed by atoms with van der Waals surface area (Å²) in [6, 6.07) is 22.5. The maximum atomic E-state index is 12.9. The van der Waals surface area contributed by atoms with Crippen LogP contribution in [0.5, 0.6) is 5.75 Å². The number of nitrogens with zero attached hydrogens (tertiary/aromatic N) is 1. The zero-order valence-electron chi connectivity index (χ0n) is 15.5. The Labute approximate surface area is 163 Å². The molecule has 4 rings (SSSR count). The van der Waals surface area contributed by atoms with Crippen molar-refractivity contribution in [2.75, 3.05) is 7.11 Å². The first-order valence-electron chi connectivity index (χ1n) is 9.02. The molecule has 4 aromatic rings. The van der Waals surface area contributed by atoms with Crippen molar-refractivity contribution in [2.45, 2.75) is 6.42 Å². The fourth-order valence-corrected chi connectivity index (χ4v) is 3.55. The Kier molecular flexibility index (Phi) is 4.77. The van der Waals surface area contributed by atoms with Crippen LogP contribution in [-0.2, 0) is 6.42 Å². The van der Waals surface area contributed by atoms with Gasteiger partial charge in [0.15, 0.2) is 12.1 Å². The summed E-state index contributed by atoms with van der Waals surface area (Å²) in [5, 5.41) is 0. The summed E-state index contributed by atoms with van der Waals surface area (Å²) in [6.45, 7) is 0. The molecule has 0 fully saturated rings. The summed E-state index contributed by atoms with van der Waals surface area (Å²) in [7, 11) is 1.59. The van der Waals surface area contributed by atoms with Crippen LogP contribution in [0.1, 0.15) is 26.4 Å². The molecule has 0 amide bonds. The standard InChI is InChI=1S/C24H19NO3/c1-28-19-12-13-25-21(14-19)20(16-26)24(18-10-6-3-7-11-18)22(25)15-23(27)17-8-4-2-5-9-17/h2-14,16H,15H2,1H3. The Balaban J connectivity index is 1.95. The van der Waals surface area contributed by atoms with Gasteiger partial charge in [0.25, 0.3) is 0 Å². The Bertz CT molecular complexity index is 1140. The van der Waals surface area contributed by atoms with E-state index in [0.717, 1.165) is 28.6 Å². The van der Waals surface area contributed by atoms with Gasteiger partial charge in [0.1, 0.15) is 5.75 Å². The number of aldehydes is 1. The number of rotatable bonds is 6. The lowest BCUT2D eigenvalue weighted by Gasteiger charge is -2.08. The molecule has 0 spiro atoms. The smallest absolute Gasteiger partial charge is 0.168 e. The van der Waals surface area contributed by atoms with E-state index in [1.165, 1.54) is 0 Å². The van der Waals surface area contributed by atoms with E-state index >= 15 is 0 Å². The summed E-state index contributed by atoms with van der Waals surface area (Å²) in [5.74, 6) is 0.666. The Morgan fingerprint density at radius 2 is 1.68 bits per heavy atom. The number of benzene rings is 2. The van der Waals surface area contributed by atoms with Gasteiger partial charge in [-0.25, -0.2) is 0 Å². The van der Waals surface area contributed by atoms with Crippen LogP contribution < -0.4 is 4.74 Å². The predicted molar refractivity (Wildman–Crippen MR) is 109 cm³/mol. The fraction of sp³-hybridized carbons (Fsp3) is 0.0833. The molecule has 28 heavy (non-hydrogen) atoms. The molecule has 2 aromatic heterocycles. The minimum Gasteiger partial charge on any atom is -0.497 e. The molecule has 0 bridgehead atoms. The normalized spacial score (nSPS) is 10.8. The number of aromatic nitrogens is 1. The number of hydrogen-bond donors (Lipinski definition) is 0.